The van der Waals surface area contributed by atoms with Gasteiger partial charge in [0.25, 0.3) is 0 Å². The SMILES string of the molecule is CCC(C)NC(C(=O)O)c1ccc(Br)cc1Cl. The van der Waals surface area contributed by atoms with Crippen LogP contribution in [0.5, 0.6) is 0 Å². The standard InChI is InChI=1S/C12H15BrClNO2/c1-3-7(2)15-11(12(16)17)9-5-4-8(13)6-10(9)14/h4-7,11,15H,3H2,1-2H3,(H,16,17). The Hall–Kier alpha value is -0.580. The Balaban J connectivity index is 3.01. The molecule has 5 heteroatoms. The number of carboxylic acids is 1. The molecule has 0 spiro atoms. The first-order valence-corrected chi connectivity index (χ1v) is 6.56. The van der Waals surface area contributed by atoms with E-state index < -0.39 is 12.0 Å². The number of rotatable bonds is 5. The van der Waals surface area contributed by atoms with E-state index in [4.69, 9.17) is 11.6 Å². The molecule has 0 fully saturated rings. The molecule has 0 aliphatic heterocycles. The maximum Gasteiger partial charge on any atom is 0.325 e. The Morgan fingerprint density at radius 2 is 2.24 bits per heavy atom. The molecule has 17 heavy (non-hydrogen) atoms. The van der Waals surface area contributed by atoms with Crippen LogP contribution in [0.4, 0.5) is 0 Å². The van der Waals surface area contributed by atoms with Crippen LogP contribution >= 0.6 is 27.5 Å². The summed E-state index contributed by atoms with van der Waals surface area (Å²) in [5.41, 5.74) is 0.586. The summed E-state index contributed by atoms with van der Waals surface area (Å²) in [5.74, 6) is -0.922. The molecule has 0 aliphatic carbocycles. The molecule has 0 radical (unpaired) electrons. The molecule has 1 rings (SSSR count). The molecule has 94 valence electrons. The summed E-state index contributed by atoms with van der Waals surface area (Å²) in [5, 5.41) is 12.7. The van der Waals surface area contributed by atoms with E-state index in [1.165, 1.54) is 0 Å². The highest BCUT2D eigenvalue weighted by Crippen LogP contribution is 2.27. The second-order valence-electron chi connectivity index (χ2n) is 3.91. The first-order valence-electron chi connectivity index (χ1n) is 5.39. The first kappa shape index (κ1) is 14.5. The number of halogens is 2. The Bertz CT molecular complexity index is 411. The number of benzene rings is 1. The highest BCUT2D eigenvalue weighted by atomic mass is 79.9. The molecule has 2 N–H and O–H groups in total. The molecule has 1 aromatic carbocycles. The molecule has 2 atom stereocenters. The van der Waals surface area contributed by atoms with Gasteiger partial charge in [0.1, 0.15) is 6.04 Å². The summed E-state index contributed by atoms with van der Waals surface area (Å²) >= 11 is 9.36. The lowest BCUT2D eigenvalue weighted by molar-refractivity contribution is -0.139. The molecular weight excluding hydrogens is 305 g/mol. The molecule has 1 aromatic rings. The molecule has 3 nitrogen and oxygen atoms in total. The summed E-state index contributed by atoms with van der Waals surface area (Å²) in [7, 11) is 0. The van der Waals surface area contributed by atoms with Crippen LogP contribution in [-0.2, 0) is 4.79 Å². The zero-order chi connectivity index (χ0) is 13.0. The van der Waals surface area contributed by atoms with Crippen molar-refractivity contribution in [2.24, 2.45) is 0 Å². The average Bonchev–Trinajstić information content (AvgIpc) is 2.26. The summed E-state index contributed by atoms with van der Waals surface area (Å²) in [4.78, 5) is 11.3. The van der Waals surface area contributed by atoms with E-state index in [9.17, 15) is 9.90 Å². The van der Waals surface area contributed by atoms with Crippen molar-refractivity contribution < 1.29 is 9.90 Å². The van der Waals surface area contributed by atoms with Crippen molar-refractivity contribution in [3.63, 3.8) is 0 Å². The lowest BCUT2D eigenvalue weighted by atomic mass is 10.1. The topological polar surface area (TPSA) is 49.3 Å². The van der Waals surface area contributed by atoms with Gasteiger partial charge in [-0.15, -0.1) is 0 Å². The van der Waals surface area contributed by atoms with Gasteiger partial charge in [-0.1, -0.05) is 40.5 Å². The largest absolute Gasteiger partial charge is 0.480 e. The summed E-state index contributed by atoms with van der Waals surface area (Å²) < 4.78 is 0.832. The van der Waals surface area contributed by atoms with Crippen molar-refractivity contribution in [1.29, 1.82) is 0 Å². The Kier molecular flexibility index (Phi) is 5.43. The van der Waals surface area contributed by atoms with Crippen LogP contribution in [0.2, 0.25) is 5.02 Å². The van der Waals surface area contributed by atoms with Gasteiger partial charge in [0.15, 0.2) is 0 Å². The van der Waals surface area contributed by atoms with E-state index in [-0.39, 0.29) is 6.04 Å². The smallest absolute Gasteiger partial charge is 0.325 e. The van der Waals surface area contributed by atoms with E-state index in [1.54, 1.807) is 18.2 Å². The second-order valence-corrected chi connectivity index (χ2v) is 5.24. The fourth-order valence-electron chi connectivity index (χ4n) is 1.43. The van der Waals surface area contributed by atoms with Crippen LogP contribution < -0.4 is 5.32 Å². The Morgan fingerprint density at radius 1 is 1.59 bits per heavy atom. The quantitative estimate of drug-likeness (QED) is 0.871. The minimum atomic E-state index is -0.922. The van der Waals surface area contributed by atoms with Gasteiger partial charge in [0, 0.05) is 15.5 Å². The molecular formula is C12H15BrClNO2. The maximum absolute atomic E-state index is 11.3. The molecule has 0 heterocycles. The second kappa shape index (κ2) is 6.38. The molecule has 0 aliphatic rings. The zero-order valence-corrected chi connectivity index (χ0v) is 12.0. The third kappa shape index (κ3) is 3.98. The summed E-state index contributed by atoms with van der Waals surface area (Å²) in [6.07, 6.45) is 0.859. The van der Waals surface area contributed by atoms with Crippen LogP contribution in [0.25, 0.3) is 0 Å². The number of hydrogen-bond donors (Lipinski definition) is 2. The number of nitrogens with one attached hydrogen (secondary N) is 1. The molecule has 0 amide bonds. The van der Waals surface area contributed by atoms with Crippen LogP contribution in [0.1, 0.15) is 31.9 Å². The first-order chi connectivity index (χ1) is 7.95. The van der Waals surface area contributed by atoms with Crippen molar-refractivity contribution in [1.82, 2.24) is 5.32 Å². The van der Waals surface area contributed by atoms with Crippen molar-refractivity contribution >= 4 is 33.5 Å². The predicted molar refractivity (Wildman–Crippen MR) is 72.4 cm³/mol. The lowest BCUT2D eigenvalue weighted by Gasteiger charge is -2.20. The van der Waals surface area contributed by atoms with Gasteiger partial charge >= 0.3 is 5.97 Å². The molecule has 0 bridgehead atoms. The highest BCUT2D eigenvalue weighted by Gasteiger charge is 2.23. The van der Waals surface area contributed by atoms with Crippen molar-refractivity contribution in [2.75, 3.05) is 0 Å². The fourth-order valence-corrected chi connectivity index (χ4v) is 2.21. The average molecular weight is 321 g/mol. The van der Waals surface area contributed by atoms with Crippen LogP contribution in [0.3, 0.4) is 0 Å². The number of carbonyl (C=O) groups is 1. The highest BCUT2D eigenvalue weighted by molar-refractivity contribution is 9.10. The van der Waals surface area contributed by atoms with E-state index in [2.05, 4.69) is 21.2 Å². The van der Waals surface area contributed by atoms with E-state index in [0.717, 1.165) is 10.9 Å². The third-order valence-electron chi connectivity index (χ3n) is 2.58. The minimum absolute atomic E-state index is 0.121. The van der Waals surface area contributed by atoms with Gasteiger partial charge in [-0.25, -0.2) is 0 Å². The van der Waals surface area contributed by atoms with Gasteiger partial charge in [-0.05, 0) is 31.0 Å². The molecule has 0 saturated carbocycles. The van der Waals surface area contributed by atoms with Gasteiger partial charge in [0.2, 0.25) is 0 Å². The predicted octanol–water partition coefficient (Wildman–Crippen LogP) is 3.62. The Morgan fingerprint density at radius 3 is 2.71 bits per heavy atom. The van der Waals surface area contributed by atoms with Crippen LogP contribution in [0.15, 0.2) is 22.7 Å². The summed E-state index contributed by atoms with van der Waals surface area (Å²) in [6.45, 7) is 3.95. The maximum atomic E-state index is 11.3. The van der Waals surface area contributed by atoms with E-state index in [1.807, 2.05) is 13.8 Å². The molecule has 0 saturated heterocycles. The monoisotopic (exact) mass is 319 g/mol. The molecule has 2 unspecified atom stereocenters. The van der Waals surface area contributed by atoms with Crippen molar-refractivity contribution in [2.45, 2.75) is 32.4 Å². The minimum Gasteiger partial charge on any atom is -0.480 e. The molecule has 0 aromatic heterocycles. The lowest BCUT2D eigenvalue weighted by Crippen LogP contribution is -2.35. The van der Waals surface area contributed by atoms with Crippen molar-refractivity contribution in [3.8, 4) is 0 Å². The zero-order valence-electron chi connectivity index (χ0n) is 9.71. The van der Waals surface area contributed by atoms with Crippen LogP contribution in [0, 0.1) is 0 Å². The normalized spacial score (nSPS) is 14.4. The Labute approximate surface area is 114 Å². The van der Waals surface area contributed by atoms with Crippen LogP contribution in [-0.4, -0.2) is 17.1 Å². The van der Waals surface area contributed by atoms with Gasteiger partial charge in [-0.2, -0.15) is 0 Å². The number of hydrogen-bond acceptors (Lipinski definition) is 2. The van der Waals surface area contributed by atoms with E-state index >= 15 is 0 Å². The van der Waals surface area contributed by atoms with Gasteiger partial charge in [-0.3, -0.25) is 10.1 Å². The summed E-state index contributed by atoms with van der Waals surface area (Å²) in [6, 6.07) is 4.56. The number of aliphatic carboxylic acids is 1. The van der Waals surface area contributed by atoms with Crippen molar-refractivity contribution in [3.05, 3.63) is 33.3 Å². The van der Waals surface area contributed by atoms with E-state index in [0.29, 0.717) is 10.6 Å². The fraction of sp³-hybridized carbons (Fsp3) is 0.417. The number of carboxylic acid groups (broad SMARTS) is 1. The van der Waals surface area contributed by atoms with Gasteiger partial charge < -0.3 is 5.11 Å². The van der Waals surface area contributed by atoms with Gasteiger partial charge in [0.05, 0.1) is 0 Å². The third-order valence-corrected chi connectivity index (χ3v) is 3.40.